The molecule has 1 aromatic heterocycles. The smallest absolute Gasteiger partial charge is 0.129 e. The molecule has 0 aliphatic carbocycles. The summed E-state index contributed by atoms with van der Waals surface area (Å²) in [5, 5.41) is 0. The van der Waals surface area contributed by atoms with Crippen LogP contribution < -0.4 is 0 Å². The van der Waals surface area contributed by atoms with Crippen LogP contribution in [0.2, 0.25) is 0 Å². The van der Waals surface area contributed by atoms with E-state index in [4.69, 9.17) is 11.6 Å². The second-order valence-electron chi connectivity index (χ2n) is 5.23. The number of fused-ring (bicyclic) bond motifs is 1. The van der Waals surface area contributed by atoms with Gasteiger partial charge in [0, 0.05) is 5.69 Å². The number of para-hydroxylation sites is 2. The minimum absolute atomic E-state index is 0.403. The van der Waals surface area contributed by atoms with Gasteiger partial charge in [0.25, 0.3) is 0 Å². The Morgan fingerprint density at radius 1 is 1.05 bits per heavy atom. The number of halogens is 1. The van der Waals surface area contributed by atoms with Crippen LogP contribution in [0.4, 0.5) is 0 Å². The summed E-state index contributed by atoms with van der Waals surface area (Å²) >= 11 is 6.05. The van der Waals surface area contributed by atoms with Crippen molar-refractivity contribution in [3.05, 3.63) is 59.9 Å². The molecule has 3 heteroatoms. The average Bonchev–Trinajstić information content (AvgIpc) is 2.85. The van der Waals surface area contributed by atoms with Crippen LogP contribution in [0.25, 0.3) is 16.7 Å². The molecule has 1 heterocycles. The maximum absolute atomic E-state index is 6.05. The number of alkyl halides is 1. The first kappa shape index (κ1) is 13.2. The molecule has 0 radical (unpaired) electrons. The van der Waals surface area contributed by atoms with Gasteiger partial charge < -0.3 is 0 Å². The van der Waals surface area contributed by atoms with Crippen LogP contribution >= 0.6 is 11.6 Å². The highest BCUT2D eigenvalue weighted by Crippen LogP contribution is 2.24. The molecule has 20 heavy (non-hydrogen) atoms. The van der Waals surface area contributed by atoms with Crippen molar-refractivity contribution in [2.45, 2.75) is 25.6 Å². The molecule has 0 saturated carbocycles. The lowest BCUT2D eigenvalue weighted by Crippen LogP contribution is -1.99. The third kappa shape index (κ3) is 2.20. The van der Waals surface area contributed by atoms with Crippen LogP contribution in [0.15, 0.2) is 48.5 Å². The molecule has 0 aliphatic heterocycles. The van der Waals surface area contributed by atoms with Gasteiger partial charge in [-0.1, -0.05) is 38.1 Å². The Morgan fingerprint density at radius 3 is 2.40 bits per heavy atom. The van der Waals surface area contributed by atoms with Gasteiger partial charge in [0.15, 0.2) is 0 Å². The van der Waals surface area contributed by atoms with Crippen molar-refractivity contribution < 1.29 is 0 Å². The SMILES string of the molecule is CC(C)c1ccc(-n2c(CCl)nc3ccccc32)cc1. The van der Waals surface area contributed by atoms with E-state index >= 15 is 0 Å². The zero-order valence-corrected chi connectivity index (χ0v) is 12.4. The van der Waals surface area contributed by atoms with Gasteiger partial charge in [-0.2, -0.15) is 0 Å². The number of hydrogen-bond acceptors (Lipinski definition) is 1. The van der Waals surface area contributed by atoms with Gasteiger partial charge in [-0.3, -0.25) is 4.57 Å². The normalized spacial score (nSPS) is 11.4. The number of benzene rings is 2. The molecule has 0 bridgehead atoms. The molecule has 0 fully saturated rings. The Morgan fingerprint density at radius 2 is 1.75 bits per heavy atom. The molecule has 0 saturated heterocycles. The van der Waals surface area contributed by atoms with Crippen molar-refractivity contribution in [1.82, 2.24) is 9.55 Å². The average molecular weight is 285 g/mol. The van der Waals surface area contributed by atoms with Crippen LogP contribution in [0, 0.1) is 0 Å². The van der Waals surface area contributed by atoms with Crippen molar-refractivity contribution in [3.63, 3.8) is 0 Å². The van der Waals surface area contributed by atoms with Gasteiger partial charge >= 0.3 is 0 Å². The predicted octanol–water partition coefficient (Wildman–Crippen LogP) is 4.89. The maximum Gasteiger partial charge on any atom is 0.129 e. The van der Waals surface area contributed by atoms with Crippen molar-refractivity contribution in [3.8, 4) is 5.69 Å². The van der Waals surface area contributed by atoms with E-state index in [1.165, 1.54) is 5.56 Å². The summed E-state index contributed by atoms with van der Waals surface area (Å²) in [6, 6.07) is 16.7. The zero-order valence-electron chi connectivity index (χ0n) is 11.7. The molecule has 2 aromatic carbocycles. The Kier molecular flexibility index (Phi) is 3.49. The highest BCUT2D eigenvalue weighted by Gasteiger charge is 2.11. The van der Waals surface area contributed by atoms with E-state index < -0.39 is 0 Å². The molecule has 0 atom stereocenters. The largest absolute Gasteiger partial charge is 0.295 e. The van der Waals surface area contributed by atoms with E-state index in [0.29, 0.717) is 11.8 Å². The summed E-state index contributed by atoms with van der Waals surface area (Å²) < 4.78 is 2.13. The number of imidazole rings is 1. The number of nitrogens with zero attached hydrogens (tertiary/aromatic N) is 2. The first-order chi connectivity index (χ1) is 9.70. The second-order valence-corrected chi connectivity index (χ2v) is 5.50. The first-order valence-corrected chi connectivity index (χ1v) is 7.37. The van der Waals surface area contributed by atoms with Gasteiger partial charge in [-0.25, -0.2) is 4.98 Å². The Labute approximate surface area is 124 Å². The van der Waals surface area contributed by atoms with Gasteiger partial charge in [-0.05, 0) is 35.7 Å². The minimum atomic E-state index is 0.403. The van der Waals surface area contributed by atoms with Gasteiger partial charge in [-0.15, -0.1) is 11.6 Å². The van der Waals surface area contributed by atoms with Crippen LogP contribution in [-0.4, -0.2) is 9.55 Å². The molecule has 0 amide bonds. The Bertz CT molecular complexity index is 726. The summed E-state index contributed by atoms with van der Waals surface area (Å²) in [4.78, 5) is 4.60. The van der Waals surface area contributed by atoms with Gasteiger partial charge in [0.1, 0.15) is 5.82 Å². The van der Waals surface area contributed by atoms with Crippen LogP contribution in [0.5, 0.6) is 0 Å². The summed E-state index contributed by atoms with van der Waals surface area (Å²) in [6.07, 6.45) is 0. The van der Waals surface area contributed by atoms with E-state index in [1.54, 1.807) is 0 Å². The van der Waals surface area contributed by atoms with Crippen molar-refractivity contribution in [2.24, 2.45) is 0 Å². The molecule has 0 spiro atoms. The maximum atomic E-state index is 6.05. The third-order valence-corrected chi connectivity index (χ3v) is 3.81. The molecule has 0 unspecified atom stereocenters. The molecule has 0 N–H and O–H groups in total. The summed E-state index contributed by atoms with van der Waals surface area (Å²) in [7, 11) is 0. The monoisotopic (exact) mass is 284 g/mol. The van der Waals surface area contributed by atoms with E-state index in [-0.39, 0.29) is 0 Å². The summed E-state index contributed by atoms with van der Waals surface area (Å²) in [6.45, 7) is 4.40. The van der Waals surface area contributed by atoms with Crippen molar-refractivity contribution in [1.29, 1.82) is 0 Å². The lowest BCUT2D eigenvalue weighted by molar-refractivity contribution is 0.864. The number of hydrogen-bond donors (Lipinski definition) is 0. The predicted molar refractivity (Wildman–Crippen MR) is 84.7 cm³/mol. The lowest BCUT2D eigenvalue weighted by atomic mass is 10.0. The molecule has 102 valence electrons. The Balaban J connectivity index is 2.17. The fourth-order valence-corrected chi connectivity index (χ4v) is 2.64. The van der Waals surface area contributed by atoms with Crippen LogP contribution in [0.3, 0.4) is 0 Å². The quantitative estimate of drug-likeness (QED) is 0.626. The van der Waals surface area contributed by atoms with E-state index in [0.717, 1.165) is 22.5 Å². The first-order valence-electron chi connectivity index (χ1n) is 6.83. The molecule has 3 aromatic rings. The summed E-state index contributed by atoms with van der Waals surface area (Å²) in [5.41, 5.74) is 4.53. The van der Waals surface area contributed by atoms with Crippen molar-refractivity contribution >= 4 is 22.6 Å². The molecule has 0 aliphatic rings. The highest BCUT2D eigenvalue weighted by molar-refractivity contribution is 6.17. The van der Waals surface area contributed by atoms with Crippen LogP contribution in [-0.2, 0) is 5.88 Å². The van der Waals surface area contributed by atoms with Gasteiger partial charge in [0.2, 0.25) is 0 Å². The standard InChI is InChI=1S/C17H17ClN2/c1-12(2)13-7-9-14(10-8-13)20-16-6-4-3-5-15(16)19-17(20)11-18/h3-10,12H,11H2,1-2H3. The lowest BCUT2D eigenvalue weighted by Gasteiger charge is -2.10. The van der Waals surface area contributed by atoms with Crippen molar-refractivity contribution in [2.75, 3.05) is 0 Å². The van der Waals surface area contributed by atoms with E-state index in [1.807, 2.05) is 18.2 Å². The highest BCUT2D eigenvalue weighted by atomic mass is 35.5. The molecular weight excluding hydrogens is 268 g/mol. The van der Waals surface area contributed by atoms with E-state index in [2.05, 4.69) is 53.7 Å². The number of aromatic nitrogens is 2. The molecule has 3 rings (SSSR count). The molecule has 2 nitrogen and oxygen atoms in total. The fraction of sp³-hybridized carbons (Fsp3) is 0.235. The number of rotatable bonds is 3. The second kappa shape index (κ2) is 5.29. The third-order valence-electron chi connectivity index (χ3n) is 3.57. The fourth-order valence-electron chi connectivity index (χ4n) is 2.46. The zero-order chi connectivity index (χ0) is 14.1. The molecular formula is C17H17ClN2. The minimum Gasteiger partial charge on any atom is -0.295 e. The Hall–Kier alpha value is -1.80. The topological polar surface area (TPSA) is 17.8 Å². The van der Waals surface area contributed by atoms with Crippen LogP contribution in [0.1, 0.15) is 31.2 Å². The van der Waals surface area contributed by atoms with Gasteiger partial charge in [0.05, 0.1) is 16.9 Å². The van der Waals surface area contributed by atoms with E-state index in [9.17, 15) is 0 Å². The summed E-state index contributed by atoms with van der Waals surface area (Å²) in [5.74, 6) is 1.82.